The van der Waals surface area contributed by atoms with Gasteiger partial charge in [-0.1, -0.05) is 37.3 Å². The molecule has 0 saturated carbocycles. The third-order valence-electron chi connectivity index (χ3n) is 4.33. The zero-order chi connectivity index (χ0) is 21.4. The molecule has 0 saturated heterocycles. The van der Waals surface area contributed by atoms with Crippen molar-refractivity contribution in [3.05, 3.63) is 75.8 Å². The zero-order valence-electron chi connectivity index (χ0n) is 15.8. The summed E-state index contributed by atoms with van der Waals surface area (Å²) in [6.45, 7) is 1.16. The van der Waals surface area contributed by atoms with Crippen LogP contribution in [0.4, 0.5) is 0 Å². The minimum absolute atomic E-state index is 0.0193. The van der Waals surface area contributed by atoms with Gasteiger partial charge in [-0.15, -0.1) is 0 Å². The number of aliphatic carboxylic acids is 1. The van der Waals surface area contributed by atoms with E-state index in [9.17, 15) is 29.9 Å². The number of nitrogens with zero attached hydrogens (tertiary/aromatic N) is 2. The molecular formula is C20H22N2O7. The summed E-state index contributed by atoms with van der Waals surface area (Å²) in [7, 11) is 0. The first kappa shape index (κ1) is 21.8. The lowest BCUT2D eigenvalue weighted by atomic mass is 10.0. The number of phenolic OH excluding ortho intramolecular Hbond substituents is 1. The van der Waals surface area contributed by atoms with E-state index < -0.39 is 35.5 Å². The van der Waals surface area contributed by atoms with Crippen molar-refractivity contribution in [1.82, 2.24) is 5.06 Å². The van der Waals surface area contributed by atoms with Crippen LogP contribution in [-0.4, -0.2) is 50.8 Å². The highest BCUT2D eigenvalue weighted by Gasteiger charge is 2.33. The highest BCUT2D eigenvalue weighted by Crippen LogP contribution is 2.17. The maximum atomic E-state index is 12.9. The second-order valence-corrected chi connectivity index (χ2v) is 6.36. The van der Waals surface area contributed by atoms with Crippen molar-refractivity contribution in [2.45, 2.75) is 31.8 Å². The minimum Gasteiger partial charge on any atom is -0.508 e. The topological polar surface area (TPSA) is 130 Å². The Bertz CT molecular complexity index is 840. The maximum absolute atomic E-state index is 12.9. The predicted molar refractivity (Wildman–Crippen MR) is 103 cm³/mol. The highest BCUT2D eigenvalue weighted by atomic mass is 16.7. The van der Waals surface area contributed by atoms with Crippen LogP contribution in [0.1, 0.15) is 29.3 Å². The van der Waals surface area contributed by atoms with E-state index in [1.807, 2.05) is 0 Å². The lowest BCUT2D eigenvalue weighted by Gasteiger charge is -2.28. The van der Waals surface area contributed by atoms with Gasteiger partial charge in [-0.2, -0.15) is 0 Å². The van der Waals surface area contributed by atoms with E-state index in [2.05, 4.69) is 0 Å². The van der Waals surface area contributed by atoms with Crippen molar-refractivity contribution in [2.75, 3.05) is 6.61 Å². The Morgan fingerprint density at radius 1 is 1.14 bits per heavy atom. The molecule has 1 amide bonds. The Hall–Kier alpha value is -3.46. The number of carbonyl (C=O) groups excluding carboxylic acids is 1. The van der Waals surface area contributed by atoms with E-state index in [0.717, 1.165) is 0 Å². The number of carbonyl (C=O) groups is 2. The first-order chi connectivity index (χ1) is 13.8. The smallest absolute Gasteiger partial charge is 0.329 e. The van der Waals surface area contributed by atoms with Crippen LogP contribution in [0.5, 0.6) is 5.75 Å². The highest BCUT2D eigenvalue weighted by molar-refractivity contribution is 5.95. The van der Waals surface area contributed by atoms with Gasteiger partial charge >= 0.3 is 5.97 Å². The molecule has 1 unspecified atom stereocenters. The Morgan fingerprint density at radius 3 is 2.28 bits per heavy atom. The van der Waals surface area contributed by atoms with Crippen LogP contribution in [0.25, 0.3) is 0 Å². The third kappa shape index (κ3) is 6.01. The summed E-state index contributed by atoms with van der Waals surface area (Å²) in [5.41, 5.74) is 0.740. The molecule has 0 spiro atoms. The molecule has 0 aliphatic heterocycles. The molecule has 29 heavy (non-hydrogen) atoms. The van der Waals surface area contributed by atoms with E-state index in [1.165, 1.54) is 36.4 Å². The number of rotatable bonds is 10. The number of phenols is 1. The number of carboxylic acids is 1. The molecule has 2 rings (SSSR count). The number of benzene rings is 2. The van der Waals surface area contributed by atoms with Crippen molar-refractivity contribution in [1.29, 1.82) is 0 Å². The fourth-order valence-corrected chi connectivity index (χ4v) is 2.62. The number of hydroxylamine groups is 2. The van der Waals surface area contributed by atoms with Crippen LogP contribution in [0, 0.1) is 10.1 Å². The van der Waals surface area contributed by atoms with E-state index in [1.54, 1.807) is 25.1 Å². The van der Waals surface area contributed by atoms with E-state index in [4.69, 9.17) is 4.84 Å². The maximum Gasteiger partial charge on any atom is 0.329 e. The van der Waals surface area contributed by atoms with Gasteiger partial charge < -0.3 is 10.2 Å². The number of nitro groups is 1. The van der Waals surface area contributed by atoms with Crippen LogP contribution in [-0.2, 0) is 16.1 Å². The SMILES string of the molecule is CCC(CON(C(=O)c1ccccc1)[C@@H](Cc1ccc(O)cc1)C(=O)O)[N+](=O)[O-]. The first-order valence-corrected chi connectivity index (χ1v) is 8.99. The molecule has 2 N–H and O–H groups in total. The fourth-order valence-electron chi connectivity index (χ4n) is 2.62. The van der Waals surface area contributed by atoms with Crippen molar-refractivity contribution >= 4 is 11.9 Å². The molecule has 2 atom stereocenters. The van der Waals surface area contributed by atoms with Crippen LogP contribution >= 0.6 is 0 Å². The summed E-state index contributed by atoms with van der Waals surface area (Å²) in [6.07, 6.45) is 0.0551. The monoisotopic (exact) mass is 402 g/mol. The predicted octanol–water partition coefficient (Wildman–Crippen LogP) is 2.52. The number of hydrogen-bond acceptors (Lipinski definition) is 6. The van der Waals surface area contributed by atoms with Gasteiger partial charge in [0.25, 0.3) is 5.91 Å². The molecule has 0 radical (unpaired) electrons. The van der Waals surface area contributed by atoms with E-state index >= 15 is 0 Å². The summed E-state index contributed by atoms with van der Waals surface area (Å²) >= 11 is 0. The van der Waals surface area contributed by atoms with Gasteiger partial charge in [0.15, 0.2) is 6.04 Å². The molecule has 0 aliphatic rings. The zero-order valence-corrected chi connectivity index (χ0v) is 15.8. The Kier molecular flexibility index (Phi) is 7.67. The molecule has 0 bridgehead atoms. The molecule has 9 nitrogen and oxygen atoms in total. The van der Waals surface area contributed by atoms with Crippen LogP contribution in [0.15, 0.2) is 54.6 Å². The standard InChI is InChI=1S/C20H22N2O7/c1-2-16(22(27)28)13-29-21(19(24)15-6-4-3-5-7-15)18(20(25)26)12-14-8-10-17(23)11-9-14/h3-11,16,18,23H,2,12-13H2,1H3,(H,25,26)/t16?,18-/m0/s1. The molecule has 9 heteroatoms. The van der Waals surface area contributed by atoms with Gasteiger partial charge in [-0.3, -0.25) is 19.7 Å². The molecule has 2 aromatic rings. The van der Waals surface area contributed by atoms with E-state index in [-0.39, 0.29) is 24.2 Å². The number of hydrogen-bond donors (Lipinski definition) is 2. The molecule has 0 heterocycles. The van der Waals surface area contributed by atoms with Crippen LogP contribution in [0.3, 0.4) is 0 Å². The lowest BCUT2D eigenvalue weighted by Crippen LogP contribution is -2.47. The molecular weight excluding hydrogens is 380 g/mol. The van der Waals surface area contributed by atoms with Gasteiger partial charge in [0, 0.05) is 23.3 Å². The van der Waals surface area contributed by atoms with Gasteiger partial charge in [-0.25, -0.2) is 9.86 Å². The molecule has 0 fully saturated rings. The van der Waals surface area contributed by atoms with Crippen molar-refractivity contribution in [3.8, 4) is 5.75 Å². The Morgan fingerprint density at radius 2 is 1.76 bits per heavy atom. The normalized spacial score (nSPS) is 12.7. The summed E-state index contributed by atoms with van der Waals surface area (Å²) in [6, 6.07) is 11.3. The second-order valence-electron chi connectivity index (χ2n) is 6.36. The quantitative estimate of drug-likeness (QED) is 0.461. The number of aromatic hydroxyl groups is 1. The minimum atomic E-state index is -1.42. The largest absolute Gasteiger partial charge is 0.508 e. The first-order valence-electron chi connectivity index (χ1n) is 8.99. The molecule has 0 aromatic heterocycles. The summed E-state index contributed by atoms with van der Waals surface area (Å²) in [5, 5.41) is 30.9. The Labute approximate surface area is 167 Å². The van der Waals surface area contributed by atoms with Crippen LogP contribution < -0.4 is 0 Å². The van der Waals surface area contributed by atoms with E-state index in [0.29, 0.717) is 10.6 Å². The van der Waals surface area contributed by atoms with Gasteiger partial charge in [0.2, 0.25) is 6.04 Å². The lowest BCUT2D eigenvalue weighted by molar-refractivity contribution is -0.530. The van der Waals surface area contributed by atoms with Gasteiger partial charge in [0.05, 0.1) is 0 Å². The van der Waals surface area contributed by atoms with Gasteiger partial charge in [-0.05, 0) is 29.8 Å². The molecule has 154 valence electrons. The fraction of sp³-hybridized carbons (Fsp3) is 0.300. The average Bonchev–Trinajstić information content (AvgIpc) is 2.71. The summed E-state index contributed by atoms with van der Waals surface area (Å²) in [4.78, 5) is 40.8. The summed E-state index contributed by atoms with van der Waals surface area (Å²) < 4.78 is 0. The van der Waals surface area contributed by atoms with Crippen molar-refractivity contribution < 1.29 is 29.6 Å². The molecule has 2 aromatic carbocycles. The third-order valence-corrected chi connectivity index (χ3v) is 4.33. The van der Waals surface area contributed by atoms with Crippen molar-refractivity contribution in [3.63, 3.8) is 0 Å². The Balaban J connectivity index is 2.33. The number of amides is 1. The second kappa shape index (κ2) is 10.2. The van der Waals surface area contributed by atoms with Crippen molar-refractivity contribution in [2.24, 2.45) is 0 Å². The van der Waals surface area contributed by atoms with Crippen LogP contribution in [0.2, 0.25) is 0 Å². The summed E-state index contributed by atoms with van der Waals surface area (Å²) in [5.74, 6) is -2.02. The average molecular weight is 402 g/mol. The van der Waals surface area contributed by atoms with Gasteiger partial charge in [0.1, 0.15) is 12.4 Å². The molecule has 0 aliphatic carbocycles. The number of carboxylic acid groups (broad SMARTS) is 1.